The lowest BCUT2D eigenvalue weighted by molar-refractivity contribution is -0.134. The summed E-state index contributed by atoms with van der Waals surface area (Å²) >= 11 is 0. The van der Waals surface area contributed by atoms with Crippen LogP contribution in [-0.2, 0) is 4.79 Å². The SMILES string of the molecule is CCOc1ccccc1N1CCN(C(=O)C(N)C(C)CC)CC1. The van der Waals surface area contributed by atoms with Crippen LogP contribution < -0.4 is 15.4 Å². The Bertz CT molecular complexity index is 513. The molecular weight excluding hydrogens is 290 g/mol. The van der Waals surface area contributed by atoms with Gasteiger partial charge in [-0.25, -0.2) is 0 Å². The molecule has 1 aliphatic rings. The lowest BCUT2D eigenvalue weighted by Crippen LogP contribution is -2.54. The van der Waals surface area contributed by atoms with Crippen LogP contribution in [0.3, 0.4) is 0 Å². The Labute approximate surface area is 139 Å². The summed E-state index contributed by atoms with van der Waals surface area (Å²) in [5, 5.41) is 0. The number of nitrogens with zero attached hydrogens (tertiary/aromatic N) is 2. The maximum atomic E-state index is 12.5. The van der Waals surface area contributed by atoms with Gasteiger partial charge in [0.05, 0.1) is 18.3 Å². The van der Waals surface area contributed by atoms with Crippen molar-refractivity contribution in [1.82, 2.24) is 4.90 Å². The molecular formula is C18H29N3O2. The smallest absolute Gasteiger partial charge is 0.239 e. The summed E-state index contributed by atoms with van der Waals surface area (Å²) in [6.45, 7) is 9.79. The van der Waals surface area contributed by atoms with Gasteiger partial charge in [-0.3, -0.25) is 4.79 Å². The van der Waals surface area contributed by atoms with Gasteiger partial charge in [0, 0.05) is 26.2 Å². The Morgan fingerprint density at radius 1 is 1.22 bits per heavy atom. The summed E-state index contributed by atoms with van der Waals surface area (Å²) in [6, 6.07) is 7.69. The zero-order valence-corrected chi connectivity index (χ0v) is 14.5. The summed E-state index contributed by atoms with van der Waals surface area (Å²) in [5.41, 5.74) is 7.19. The van der Waals surface area contributed by atoms with Gasteiger partial charge in [0.25, 0.3) is 0 Å². The highest BCUT2D eigenvalue weighted by atomic mass is 16.5. The van der Waals surface area contributed by atoms with Gasteiger partial charge in [0.1, 0.15) is 5.75 Å². The second kappa shape index (κ2) is 8.20. The zero-order chi connectivity index (χ0) is 16.8. The molecule has 0 saturated carbocycles. The van der Waals surface area contributed by atoms with E-state index in [9.17, 15) is 4.79 Å². The predicted octanol–water partition coefficient (Wildman–Crippen LogP) is 2.11. The third kappa shape index (κ3) is 4.16. The molecule has 0 aliphatic carbocycles. The number of nitrogens with two attached hydrogens (primary N) is 1. The summed E-state index contributed by atoms with van der Waals surface area (Å²) in [4.78, 5) is 16.6. The Morgan fingerprint density at radius 3 is 2.48 bits per heavy atom. The van der Waals surface area contributed by atoms with Gasteiger partial charge in [0.15, 0.2) is 0 Å². The fraction of sp³-hybridized carbons (Fsp3) is 0.611. The number of anilines is 1. The maximum Gasteiger partial charge on any atom is 0.239 e. The highest BCUT2D eigenvalue weighted by Crippen LogP contribution is 2.28. The lowest BCUT2D eigenvalue weighted by Gasteiger charge is -2.38. The van der Waals surface area contributed by atoms with E-state index in [1.54, 1.807) is 0 Å². The van der Waals surface area contributed by atoms with Crippen molar-refractivity contribution in [2.24, 2.45) is 11.7 Å². The Hall–Kier alpha value is -1.75. The quantitative estimate of drug-likeness (QED) is 0.872. The molecule has 128 valence electrons. The highest BCUT2D eigenvalue weighted by molar-refractivity contribution is 5.82. The van der Waals surface area contributed by atoms with Crippen LogP contribution in [0.2, 0.25) is 0 Å². The number of rotatable bonds is 6. The van der Waals surface area contributed by atoms with Gasteiger partial charge in [0.2, 0.25) is 5.91 Å². The van der Waals surface area contributed by atoms with E-state index in [1.165, 1.54) is 0 Å². The number of para-hydroxylation sites is 2. The van der Waals surface area contributed by atoms with Gasteiger partial charge in [-0.2, -0.15) is 0 Å². The molecule has 2 rings (SSSR count). The molecule has 0 aromatic heterocycles. The van der Waals surface area contributed by atoms with Crippen molar-refractivity contribution in [3.05, 3.63) is 24.3 Å². The maximum absolute atomic E-state index is 12.5. The number of hydrogen-bond acceptors (Lipinski definition) is 4. The van der Waals surface area contributed by atoms with E-state index < -0.39 is 0 Å². The number of benzene rings is 1. The Morgan fingerprint density at radius 2 is 1.87 bits per heavy atom. The zero-order valence-electron chi connectivity index (χ0n) is 14.5. The molecule has 2 atom stereocenters. The molecule has 1 saturated heterocycles. The molecule has 5 heteroatoms. The van der Waals surface area contributed by atoms with Crippen LogP contribution >= 0.6 is 0 Å². The predicted molar refractivity (Wildman–Crippen MR) is 93.8 cm³/mol. The van der Waals surface area contributed by atoms with Gasteiger partial charge in [-0.05, 0) is 25.0 Å². The van der Waals surface area contributed by atoms with Crippen LogP contribution in [0.25, 0.3) is 0 Å². The van der Waals surface area contributed by atoms with Crippen molar-refractivity contribution < 1.29 is 9.53 Å². The fourth-order valence-corrected chi connectivity index (χ4v) is 2.87. The Balaban J connectivity index is 1.97. The van der Waals surface area contributed by atoms with Gasteiger partial charge < -0.3 is 20.3 Å². The third-order valence-corrected chi connectivity index (χ3v) is 4.64. The molecule has 0 bridgehead atoms. The number of carbonyl (C=O) groups is 1. The Kier molecular flexibility index (Phi) is 6.28. The van der Waals surface area contributed by atoms with Crippen molar-refractivity contribution in [1.29, 1.82) is 0 Å². The number of piperazine rings is 1. The monoisotopic (exact) mass is 319 g/mol. The molecule has 0 radical (unpaired) electrons. The largest absolute Gasteiger partial charge is 0.492 e. The van der Waals surface area contributed by atoms with Crippen LogP contribution in [-0.4, -0.2) is 49.6 Å². The average molecular weight is 319 g/mol. The van der Waals surface area contributed by atoms with Crippen molar-refractivity contribution in [2.45, 2.75) is 33.2 Å². The van der Waals surface area contributed by atoms with Gasteiger partial charge >= 0.3 is 0 Å². The number of hydrogen-bond donors (Lipinski definition) is 1. The standard InChI is InChI=1S/C18H29N3O2/c1-4-14(3)17(19)18(22)21-12-10-20(11-13-21)15-8-6-7-9-16(15)23-5-2/h6-9,14,17H,4-5,10-13,19H2,1-3H3. The second-order valence-electron chi connectivity index (χ2n) is 6.12. The van der Waals surface area contributed by atoms with E-state index in [1.807, 2.05) is 36.9 Å². The number of amides is 1. The molecule has 1 fully saturated rings. The lowest BCUT2D eigenvalue weighted by atomic mass is 9.98. The molecule has 1 aromatic rings. The van der Waals surface area contributed by atoms with E-state index in [0.717, 1.165) is 30.9 Å². The first-order chi connectivity index (χ1) is 11.1. The number of ether oxygens (including phenoxy) is 1. The average Bonchev–Trinajstić information content (AvgIpc) is 2.60. The normalized spacial score (nSPS) is 17.7. The van der Waals surface area contributed by atoms with Crippen LogP contribution in [0.1, 0.15) is 27.2 Å². The van der Waals surface area contributed by atoms with E-state index in [-0.39, 0.29) is 17.9 Å². The first-order valence-electron chi connectivity index (χ1n) is 8.59. The minimum Gasteiger partial charge on any atom is -0.492 e. The van der Waals surface area contributed by atoms with Crippen LogP contribution in [0.4, 0.5) is 5.69 Å². The van der Waals surface area contributed by atoms with Crippen molar-refractivity contribution in [2.75, 3.05) is 37.7 Å². The summed E-state index contributed by atoms with van der Waals surface area (Å²) in [5.74, 6) is 1.21. The van der Waals surface area contributed by atoms with E-state index in [2.05, 4.69) is 17.9 Å². The summed E-state index contributed by atoms with van der Waals surface area (Å²) < 4.78 is 5.71. The van der Waals surface area contributed by atoms with Crippen LogP contribution in [0, 0.1) is 5.92 Å². The van der Waals surface area contributed by atoms with Gasteiger partial charge in [-0.15, -0.1) is 0 Å². The topological polar surface area (TPSA) is 58.8 Å². The molecule has 1 aromatic carbocycles. The molecule has 1 amide bonds. The van der Waals surface area contributed by atoms with Crippen LogP contribution in [0.5, 0.6) is 5.75 Å². The number of carbonyl (C=O) groups excluding carboxylic acids is 1. The molecule has 2 N–H and O–H groups in total. The summed E-state index contributed by atoms with van der Waals surface area (Å²) in [7, 11) is 0. The van der Waals surface area contributed by atoms with E-state index in [4.69, 9.17) is 10.5 Å². The van der Waals surface area contributed by atoms with Crippen molar-refractivity contribution in [3.63, 3.8) is 0 Å². The van der Waals surface area contributed by atoms with Crippen LogP contribution in [0.15, 0.2) is 24.3 Å². The molecule has 23 heavy (non-hydrogen) atoms. The highest BCUT2D eigenvalue weighted by Gasteiger charge is 2.28. The minimum absolute atomic E-state index is 0.0806. The van der Waals surface area contributed by atoms with Crippen molar-refractivity contribution >= 4 is 11.6 Å². The fourth-order valence-electron chi connectivity index (χ4n) is 2.87. The first kappa shape index (κ1) is 17.6. The first-order valence-corrected chi connectivity index (χ1v) is 8.59. The third-order valence-electron chi connectivity index (χ3n) is 4.64. The second-order valence-corrected chi connectivity index (χ2v) is 6.12. The summed E-state index contributed by atoms with van der Waals surface area (Å²) in [6.07, 6.45) is 0.925. The van der Waals surface area contributed by atoms with Crippen molar-refractivity contribution in [3.8, 4) is 5.75 Å². The molecule has 5 nitrogen and oxygen atoms in total. The minimum atomic E-state index is -0.387. The van der Waals surface area contributed by atoms with Gasteiger partial charge in [-0.1, -0.05) is 32.4 Å². The molecule has 2 unspecified atom stereocenters. The molecule has 1 aliphatic heterocycles. The van der Waals surface area contributed by atoms with E-state index >= 15 is 0 Å². The molecule has 1 heterocycles. The molecule has 0 spiro atoms. The van der Waals surface area contributed by atoms with E-state index in [0.29, 0.717) is 19.7 Å².